The van der Waals surface area contributed by atoms with Gasteiger partial charge < -0.3 is 9.13 Å². The molecule has 0 atom stereocenters. The first-order chi connectivity index (χ1) is 33.2. The van der Waals surface area contributed by atoms with Gasteiger partial charge in [0.25, 0.3) is 0 Å². The second-order valence-corrected chi connectivity index (χ2v) is 16.8. The summed E-state index contributed by atoms with van der Waals surface area (Å²) < 4.78 is 81.4. The molecule has 0 N–H and O–H groups in total. The average molecular weight is 895 g/mol. The second-order valence-electron chi connectivity index (χ2n) is 16.8. The molecule has 326 valence electrons. The van der Waals surface area contributed by atoms with E-state index in [1.165, 1.54) is 6.07 Å². The van der Waals surface area contributed by atoms with Crippen molar-refractivity contribution in [2.45, 2.75) is 6.92 Å². The van der Waals surface area contributed by atoms with Gasteiger partial charge in [-0.1, -0.05) is 121 Å². The van der Waals surface area contributed by atoms with E-state index in [4.69, 9.17) is 9.97 Å². The molecule has 0 aliphatic rings. The van der Waals surface area contributed by atoms with Crippen molar-refractivity contribution in [1.29, 1.82) is 0 Å². The molecule has 9 heteroatoms. The molecule has 4 aromatic heterocycles. The van der Waals surface area contributed by atoms with Gasteiger partial charge >= 0.3 is 0 Å². The van der Waals surface area contributed by atoms with E-state index in [1.807, 2.05) is 182 Å². The summed E-state index contributed by atoms with van der Waals surface area (Å²) in [5.41, 5.74) is 10.6. The zero-order valence-electron chi connectivity index (χ0n) is 36.2. The Morgan fingerprint density at radius 3 is 1.28 bits per heavy atom. The predicted octanol–water partition coefficient (Wildman–Crippen LogP) is 16.0. The van der Waals surface area contributed by atoms with Gasteiger partial charge in [0.05, 0.1) is 50.4 Å². The van der Waals surface area contributed by atoms with Gasteiger partial charge in [0.2, 0.25) is 5.82 Å². The van der Waals surface area contributed by atoms with Crippen LogP contribution in [0.5, 0.6) is 0 Å². The molecule has 12 aromatic rings. The van der Waals surface area contributed by atoms with Gasteiger partial charge in [-0.2, -0.15) is 0 Å². The van der Waals surface area contributed by atoms with Crippen LogP contribution in [-0.2, 0) is 0 Å². The van der Waals surface area contributed by atoms with Crippen LogP contribution in [0.25, 0.3) is 111 Å². The molecule has 0 unspecified atom stereocenters. The Bertz CT molecular complexity index is 3930. The summed E-state index contributed by atoms with van der Waals surface area (Å²) in [6, 6.07) is 58.8. The van der Waals surface area contributed by atoms with Crippen LogP contribution >= 0.6 is 0 Å². The maximum absolute atomic E-state index is 16.2. The highest BCUT2D eigenvalue weighted by molar-refractivity contribution is 6.12. The number of pyridine rings is 2. The smallest absolute Gasteiger partial charge is 0.200 e. The zero-order valence-corrected chi connectivity index (χ0v) is 36.2. The second kappa shape index (κ2) is 16.0. The summed E-state index contributed by atoms with van der Waals surface area (Å²) in [4.78, 5) is 9.53. The monoisotopic (exact) mass is 894 g/mol. The highest BCUT2D eigenvalue weighted by atomic mass is 19.2. The van der Waals surface area contributed by atoms with Crippen LogP contribution in [-0.4, -0.2) is 19.1 Å². The van der Waals surface area contributed by atoms with E-state index in [9.17, 15) is 4.39 Å². The topological polar surface area (TPSA) is 35.6 Å². The number of benzene rings is 8. The average Bonchev–Trinajstić information content (AvgIpc) is 3.90. The van der Waals surface area contributed by atoms with E-state index in [0.717, 1.165) is 77.3 Å². The van der Waals surface area contributed by atoms with Crippen molar-refractivity contribution >= 4 is 43.6 Å². The lowest BCUT2D eigenvalue weighted by Crippen LogP contribution is -2.09. The number of rotatable bonds is 7. The van der Waals surface area contributed by atoms with Crippen LogP contribution in [0.3, 0.4) is 0 Å². The number of hydrogen-bond donors (Lipinski definition) is 0. The van der Waals surface area contributed by atoms with E-state index in [0.29, 0.717) is 22.3 Å². The third-order valence-corrected chi connectivity index (χ3v) is 13.0. The highest BCUT2D eigenvalue weighted by Gasteiger charge is 2.31. The third-order valence-electron chi connectivity index (χ3n) is 13.0. The molecule has 4 nitrogen and oxygen atoms in total. The van der Waals surface area contributed by atoms with Gasteiger partial charge in [-0.3, -0.25) is 9.97 Å². The van der Waals surface area contributed by atoms with E-state index in [1.54, 1.807) is 6.07 Å². The molecule has 0 saturated heterocycles. The largest absolute Gasteiger partial charge is 0.309 e. The summed E-state index contributed by atoms with van der Waals surface area (Å²) >= 11 is 0. The summed E-state index contributed by atoms with van der Waals surface area (Å²) in [7, 11) is 0. The lowest BCUT2D eigenvalue weighted by Gasteiger charge is -2.22. The number of aromatic nitrogens is 4. The summed E-state index contributed by atoms with van der Waals surface area (Å²) in [6.07, 6.45) is 3.69. The zero-order chi connectivity index (χ0) is 46.2. The van der Waals surface area contributed by atoms with Crippen LogP contribution < -0.4 is 0 Å². The Kier molecular flexibility index (Phi) is 9.62. The minimum absolute atomic E-state index is 0.166. The summed E-state index contributed by atoms with van der Waals surface area (Å²) in [6.45, 7) is 1.82. The van der Waals surface area contributed by atoms with Gasteiger partial charge in [-0.05, 0) is 84.3 Å². The number of para-hydroxylation sites is 2. The van der Waals surface area contributed by atoms with Crippen LogP contribution in [0.1, 0.15) is 5.56 Å². The molecule has 0 fully saturated rings. The van der Waals surface area contributed by atoms with Crippen molar-refractivity contribution in [2.24, 2.45) is 0 Å². The Hall–Kier alpha value is -8.69. The standard InChI is InChI=1S/C59H35F5N4/c1-34-48(67-49-18-10-8-16-41(49)44-30-37(22-27-51(44)67)39-20-25-46(65-32-39)35-12-4-2-5-13-35)29-24-43(53-54(60)56(62)58(64)57(63)55(53)61)59(34)68-50-19-11-9-17-42(50)45-31-38(23-28-52(45)68)40-21-26-47(66-33-40)36-14-6-3-7-15-36/h2-33H,1H3. The normalized spacial score (nSPS) is 11.7. The Labute approximate surface area is 386 Å². The Balaban J connectivity index is 1.08. The van der Waals surface area contributed by atoms with E-state index >= 15 is 17.6 Å². The molecule has 0 aliphatic carbocycles. The summed E-state index contributed by atoms with van der Waals surface area (Å²) in [5.74, 6) is -10.1. The van der Waals surface area contributed by atoms with Gasteiger partial charge in [0, 0.05) is 61.8 Å². The molecule has 0 amide bonds. The Morgan fingerprint density at radius 2 is 0.779 bits per heavy atom. The molecular weight excluding hydrogens is 860 g/mol. The van der Waals surface area contributed by atoms with E-state index < -0.39 is 34.6 Å². The van der Waals surface area contributed by atoms with Crippen LogP contribution in [0.15, 0.2) is 194 Å². The number of nitrogens with zero attached hydrogens (tertiary/aromatic N) is 4. The minimum atomic E-state index is -2.22. The van der Waals surface area contributed by atoms with E-state index in [-0.39, 0.29) is 11.3 Å². The van der Waals surface area contributed by atoms with Crippen LogP contribution in [0.4, 0.5) is 22.0 Å². The number of halogens is 5. The van der Waals surface area contributed by atoms with Crippen molar-refractivity contribution < 1.29 is 22.0 Å². The molecule has 0 aliphatic heterocycles. The lowest BCUT2D eigenvalue weighted by molar-refractivity contribution is 0.381. The molecule has 0 saturated carbocycles. The third kappa shape index (κ3) is 6.41. The van der Waals surface area contributed by atoms with Crippen LogP contribution in [0, 0.1) is 36.0 Å². The predicted molar refractivity (Wildman–Crippen MR) is 262 cm³/mol. The van der Waals surface area contributed by atoms with Crippen molar-refractivity contribution in [2.75, 3.05) is 0 Å². The summed E-state index contributed by atoms with van der Waals surface area (Å²) in [5, 5.41) is 3.54. The van der Waals surface area contributed by atoms with Gasteiger partial charge in [0.1, 0.15) is 0 Å². The maximum Gasteiger partial charge on any atom is 0.200 e. The Morgan fingerprint density at radius 1 is 0.353 bits per heavy atom. The SMILES string of the molecule is Cc1c(-n2c3ccccc3c3cc(-c4ccc(-c5ccccc5)nc4)ccc32)ccc(-c2c(F)c(F)c(F)c(F)c2F)c1-n1c2ccccc2c2cc(-c3ccc(-c4ccccc4)nc3)ccc21. The fourth-order valence-corrected chi connectivity index (χ4v) is 9.76. The fraction of sp³-hybridized carbons (Fsp3) is 0.0169. The molecule has 12 rings (SSSR count). The fourth-order valence-electron chi connectivity index (χ4n) is 9.76. The van der Waals surface area contributed by atoms with Gasteiger partial charge in [0.15, 0.2) is 23.3 Å². The van der Waals surface area contributed by atoms with Crippen molar-refractivity contribution in [3.05, 3.63) is 229 Å². The molecule has 0 bridgehead atoms. The van der Waals surface area contributed by atoms with Crippen molar-refractivity contribution in [3.63, 3.8) is 0 Å². The molecule has 0 radical (unpaired) electrons. The molecule has 8 aromatic carbocycles. The van der Waals surface area contributed by atoms with E-state index in [2.05, 4.69) is 16.7 Å². The first-order valence-corrected chi connectivity index (χ1v) is 22.0. The quantitative estimate of drug-likeness (QED) is 0.0908. The van der Waals surface area contributed by atoms with Crippen molar-refractivity contribution in [3.8, 4) is 67.3 Å². The first-order valence-electron chi connectivity index (χ1n) is 22.0. The first kappa shape index (κ1) is 40.8. The molecule has 0 spiro atoms. The van der Waals surface area contributed by atoms with Gasteiger partial charge in [-0.25, -0.2) is 22.0 Å². The van der Waals surface area contributed by atoms with Gasteiger partial charge in [-0.15, -0.1) is 0 Å². The molecule has 68 heavy (non-hydrogen) atoms. The number of fused-ring (bicyclic) bond motifs is 6. The number of hydrogen-bond acceptors (Lipinski definition) is 2. The minimum Gasteiger partial charge on any atom is -0.309 e. The maximum atomic E-state index is 16.2. The lowest BCUT2D eigenvalue weighted by atomic mass is 9.96. The van der Waals surface area contributed by atoms with Crippen molar-refractivity contribution in [1.82, 2.24) is 19.1 Å². The molecular formula is C59H35F5N4. The molecule has 4 heterocycles. The van der Waals surface area contributed by atoms with Crippen LogP contribution in [0.2, 0.25) is 0 Å². The highest BCUT2D eigenvalue weighted by Crippen LogP contribution is 2.45.